The van der Waals surface area contributed by atoms with Crippen LogP contribution in [0, 0.1) is 26.1 Å². The molecule has 1 heterocycles. The van der Waals surface area contributed by atoms with Crippen LogP contribution in [0.3, 0.4) is 0 Å². The van der Waals surface area contributed by atoms with Crippen molar-refractivity contribution < 1.29 is 48.4 Å². The van der Waals surface area contributed by atoms with E-state index in [4.69, 9.17) is 14.2 Å². The minimum absolute atomic E-state index is 0.0137. The molecule has 3 rings (SSSR count). The van der Waals surface area contributed by atoms with Crippen LogP contribution in [0.1, 0.15) is 84.4 Å². The molecule has 2 aromatic carbocycles. The van der Waals surface area contributed by atoms with Gasteiger partial charge in [0, 0.05) is 18.5 Å². The third-order valence-corrected chi connectivity index (χ3v) is 8.01. The number of hydrogen-bond donors (Lipinski definition) is 0. The van der Waals surface area contributed by atoms with Gasteiger partial charge in [-0.15, -0.1) is 35.2 Å². The maximum absolute atomic E-state index is 13.5. The predicted molar refractivity (Wildman–Crippen MR) is 190 cm³/mol. The van der Waals surface area contributed by atoms with Gasteiger partial charge in [-0.3, -0.25) is 4.79 Å². The summed E-state index contributed by atoms with van der Waals surface area (Å²) in [7, 11) is 0. The molecule has 0 radical (unpaired) electrons. The summed E-state index contributed by atoms with van der Waals surface area (Å²) in [4.78, 5) is 70.7. The maximum Gasteiger partial charge on any atom is 0.510 e. The van der Waals surface area contributed by atoms with Crippen LogP contribution in [0.2, 0.25) is 0 Å². The molecular formula is C35H47N7O12. The Kier molecular flexibility index (Phi) is 17.5. The summed E-state index contributed by atoms with van der Waals surface area (Å²) in [5.74, 6) is -0.671. The second-order valence-corrected chi connectivity index (χ2v) is 12.5. The monoisotopic (exact) mass is 757 g/mol. The zero-order chi connectivity index (χ0) is 39.5. The average molecular weight is 758 g/mol. The van der Waals surface area contributed by atoms with E-state index in [0.29, 0.717) is 37.7 Å². The summed E-state index contributed by atoms with van der Waals surface area (Å²) in [5.41, 5.74) is 3.07. The van der Waals surface area contributed by atoms with Crippen LogP contribution in [0.25, 0.3) is 22.5 Å². The number of amides is 1. The molecule has 0 fully saturated rings. The summed E-state index contributed by atoms with van der Waals surface area (Å²) in [6, 6.07) is 14.1. The van der Waals surface area contributed by atoms with Crippen LogP contribution in [0.15, 0.2) is 48.5 Å². The largest absolute Gasteiger partial charge is 0.510 e. The molecular weight excluding hydrogens is 710 g/mol. The van der Waals surface area contributed by atoms with Crippen molar-refractivity contribution in [1.29, 1.82) is 0 Å². The van der Waals surface area contributed by atoms with E-state index in [-0.39, 0.29) is 57.0 Å². The molecule has 2 atom stereocenters. The molecule has 19 nitrogen and oxygen atoms in total. The second kappa shape index (κ2) is 22.2. The normalized spacial score (nSPS) is 12.0. The maximum atomic E-state index is 13.5. The van der Waals surface area contributed by atoms with E-state index in [2.05, 4.69) is 25.1 Å². The number of carbonyl (C=O) groups excluding carboxylic acids is 3. The Morgan fingerprint density at radius 2 is 1.41 bits per heavy atom. The van der Waals surface area contributed by atoms with Gasteiger partial charge >= 0.3 is 12.1 Å². The highest BCUT2D eigenvalue weighted by atomic mass is 17.0. The highest BCUT2D eigenvalue weighted by molar-refractivity contribution is 5.85. The van der Waals surface area contributed by atoms with Crippen molar-refractivity contribution in [2.45, 2.75) is 91.5 Å². The van der Waals surface area contributed by atoms with Gasteiger partial charge in [0.2, 0.25) is 18.0 Å². The molecule has 0 saturated heterocycles. The van der Waals surface area contributed by atoms with Gasteiger partial charge in [-0.25, -0.2) is 9.59 Å². The Morgan fingerprint density at radius 3 is 2.00 bits per heavy atom. The fraction of sp³-hybridized carbons (Fsp3) is 0.543. The lowest BCUT2D eigenvalue weighted by Gasteiger charge is -2.33. The van der Waals surface area contributed by atoms with E-state index >= 15 is 0 Å². The molecule has 0 spiro atoms. The standard InChI is InChI=1S/C35H47N7O12/c1-5-6-15-31(43)39(32(25(2)3)34(44)50-20-9-11-22-52-41(46)47)24-27-16-18-28(19-17-27)29-13-7-8-14-30(29)33-36-38-40(37-33)26(4)54-35(45)51-21-10-12-23-53-42(48)49/h7-8,13-14,16-19,25-26,32H,5-6,9-12,15,20-24H2,1-4H3. The van der Waals surface area contributed by atoms with Gasteiger partial charge in [-0.1, -0.05) is 75.7 Å². The Bertz CT molecular complexity index is 1670. The number of rotatable bonds is 24. The summed E-state index contributed by atoms with van der Waals surface area (Å²) in [6.07, 6.45) is 1.22. The number of ether oxygens (including phenoxy) is 3. The molecule has 19 heteroatoms. The van der Waals surface area contributed by atoms with Crippen molar-refractivity contribution in [3.63, 3.8) is 0 Å². The zero-order valence-electron chi connectivity index (χ0n) is 30.9. The Labute approximate surface area is 312 Å². The number of unbranched alkanes of at least 4 members (excludes halogenated alkanes) is 3. The van der Waals surface area contributed by atoms with Gasteiger partial charge in [-0.2, -0.15) is 0 Å². The molecule has 54 heavy (non-hydrogen) atoms. The first-order valence-corrected chi connectivity index (χ1v) is 17.7. The Balaban J connectivity index is 1.70. The lowest BCUT2D eigenvalue weighted by atomic mass is 9.97. The number of carbonyl (C=O) groups is 3. The van der Waals surface area contributed by atoms with Gasteiger partial charge < -0.3 is 28.8 Å². The highest BCUT2D eigenvalue weighted by Crippen LogP contribution is 2.31. The molecule has 0 aliphatic carbocycles. The lowest BCUT2D eigenvalue weighted by Crippen LogP contribution is -2.48. The first-order chi connectivity index (χ1) is 25.9. The first-order valence-electron chi connectivity index (χ1n) is 17.7. The van der Waals surface area contributed by atoms with Crippen LogP contribution < -0.4 is 0 Å². The molecule has 0 N–H and O–H groups in total. The topological polar surface area (TPSA) is 230 Å². The van der Waals surface area contributed by atoms with Crippen molar-refractivity contribution in [3.05, 3.63) is 74.3 Å². The van der Waals surface area contributed by atoms with Crippen LogP contribution in [-0.2, 0) is 40.0 Å². The molecule has 3 aromatic rings. The third-order valence-electron chi connectivity index (χ3n) is 8.01. The Morgan fingerprint density at radius 1 is 0.815 bits per heavy atom. The molecule has 0 aliphatic heterocycles. The van der Waals surface area contributed by atoms with E-state index < -0.39 is 34.6 Å². The van der Waals surface area contributed by atoms with Crippen molar-refractivity contribution in [3.8, 4) is 22.5 Å². The SMILES string of the molecule is CCCCC(=O)N(Cc1ccc(-c2ccccc2-c2nnn(C(C)OC(=O)OCCCCO[N+](=O)[O-])n2)cc1)C(C(=O)OCCCCO[N+](=O)[O-])C(C)C. The number of aromatic nitrogens is 4. The first kappa shape index (κ1) is 42.5. The average Bonchev–Trinajstić information content (AvgIpc) is 3.64. The van der Waals surface area contributed by atoms with Gasteiger partial charge in [0.1, 0.15) is 6.04 Å². The number of esters is 1. The van der Waals surface area contributed by atoms with Gasteiger partial charge in [0.25, 0.3) is 10.2 Å². The highest BCUT2D eigenvalue weighted by Gasteiger charge is 2.33. The summed E-state index contributed by atoms with van der Waals surface area (Å²) < 4.78 is 15.7. The van der Waals surface area contributed by atoms with Crippen LogP contribution in [-0.4, -0.2) is 85.8 Å². The van der Waals surface area contributed by atoms with E-state index in [1.165, 1.54) is 0 Å². The number of hydrogen-bond acceptors (Lipinski definition) is 15. The summed E-state index contributed by atoms with van der Waals surface area (Å²) in [5, 5.41) is 31.4. The number of tetrazole rings is 1. The molecule has 0 aliphatic rings. The Hall–Kier alpha value is -5.88. The molecule has 2 unspecified atom stereocenters. The second-order valence-electron chi connectivity index (χ2n) is 12.5. The van der Waals surface area contributed by atoms with Crippen molar-refractivity contribution in [2.24, 2.45) is 5.92 Å². The minimum Gasteiger partial charge on any atom is -0.464 e. The smallest absolute Gasteiger partial charge is 0.464 e. The zero-order valence-corrected chi connectivity index (χ0v) is 30.9. The van der Waals surface area contributed by atoms with Crippen molar-refractivity contribution in [1.82, 2.24) is 25.1 Å². The van der Waals surface area contributed by atoms with Gasteiger partial charge in [0.15, 0.2) is 0 Å². The van der Waals surface area contributed by atoms with Crippen molar-refractivity contribution in [2.75, 3.05) is 26.4 Å². The molecule has 294 valence electrons. The summed E-state index contributed by atoms with van der Waals surface area (Å²) in [6.45, 7) is 7.23. The van der Waals surface area contributed by atoms with Crippen LogP contribution in [0.4, 0.5) is 4.79 Å². The minimum atomic E-state index is -0.961. The lowest BCUT2D eigenvalue weighted by molar-refractivity contribution is -0.757. The third kappa shape index (κ3) is 13.9. The fourth-order valence-corrected chi connectivity index (χ4v) is 5.30. The van der Waals surface area contributed by atoms with Crippen molar-refractivity contribution >= 4 is 18.0 Å². The molecule has 1 amide bonds. The molecule has 0 saturated carbocycles. The summed E-state index contributed by atoms with van der Waals surface area (Å²) >= 11 is 0. The number of benzene rings is 2. The van der Waals surface area contributed by atoms with E-state index in [9.17, 15) is 34.6 Å². The molecule has 0 bridgehead atoms. The fourth-order valence-electron chi connectivity index (χ4n) is 5.30. The van der Waals surface area contributed by atoms with Gasteiger partial charge in [-0.05, 0) is 66.8 Å². The predicted octanol–water partition coefficient (Wildman–Crippen LogP) is 5.74. The van der Waals surface area contributed by atoms with E-state index in [0.717, 1.165) is 27.9 Å². The van der Waals surface area contributed by atoms with E-state index in [1.807, 2.05) is 69.3 Å². The van der Waals surface area contributed by atoms with E-state index in [1.54, 1.807) is 11.8 Å². The van der Waals surface area contributed by atoms with Crippen LogP contribution >= 0.6 is 0 Å². The van der Waals surface area contributed by atoms with Gasteiger partial charge in [0.05, 0.1) is 26.4 Å². The molecule has 1 aromatic heterocycles. The number of nitrogens with zero attached hydrogens (tertiary/aromatic N) is 7. The quantitative estimate of drug-likeness (QED) is 0.0459. The van der Waals surface area contributed by atoms with Crippen LogP contribution in [0.5, 0.6) is 0 Å².